The van der Waals surface area contributed by atoms with Crippen LogP contribution in [0.5, 0.6) is 0 Å². The van der Waals surface area contributed by atoms with Crippen molar-refractivity contribution in [3.05, 3.63) is 59.7 Å². The van der Waals surface area contributed by atoms with Gasteiger partial charge >= 0.3 is 0 Å². The molecule has 0 atom stereocenters. The van der Waals surface area contributed by atoms with Crippen molar-refractivity contribution in [2.24, 2.45) is 0 Å². The zero-order valence-electron chi connectivity index (χ0n) is 15.8. The van der Waals surface area contributed by atoms with Crippen LogP contribution in [-0.2, 0) is 19.7 Å². The van der Waals surface area contributed by atoms with Crippen molar-refractivity contribution in [3.8, 4) is 0 Å². The summed E-state index contributed by atoms with van der Waals surface area (Å²) < 4.78 is 5.19. The van der Waals surface area contributed by atoms with E-state index in [2.05, 4.69) is 31.4 Å². The van der Waals surface area contributed by atoms with Crippen molar-refractivity contribution in [1.29, 1.82) is 0 Å². The number of aryl methyl sites for hydroxylation is 1. The lowest BCUT2D eigenvalue weighted by atomic mass is 9.87. The van der Waals surface area contributed by atoms with Crippen LogP contribution in [0.3, 0.4) is 0 Å². The Kier molecular flexibility index (Phi) is 6.52. The fourth-order valence-electron chi connectivity index (χ4n) is 2.41. The normalized spacial score (nSPS) is 11.1. The van der Waals surface area contributed by atoms with Crippen molar-refractivity contribution in [3.63, 3.8) is 0 Å². The van der Waals surface area contributed by atoms with Crippen molar-refractivity contribution in [2.75, 3.05) is 23.8 Å². The van der Waals surface area contributed by atoms with E-state index in [-0.39, 0.29) is 30.4 Å². The van der Waals surface area contributed by atoms with E-state index < -0.39 is 0 Å². The van der Waals surface area contributed by atoms with Crippen LogP contribution < -0.4 is 10.6 Å². The smallest absolute Gasteiger partial charge is 0.250 e. The van der Waals surface area contributed by atoms with Crippen LogP contribution in [0.25, 0.3) is 0 Å². The number of carbonyl (C=O) groups is 2. The van der Waals surface area contributed by atoms with Gasteiger partial charge in [0.2, 0.25) is 11.8 Å². The van der Waals surface area contributed by atoms with Gasteiger partial charge in [0.05, 0.1) is 0 Å². The molecule has 0 aliphatic carbocycles. The van der Waals surface area contributed by atoms with Gasteiger partial charge in [0, 0.05) is 11.4 Å². The highest BCUT2D eigenvalue weighted by molar-refractivity contribution is 5.93. The summed E-state index contributed by atoms with van der Waals surface area (Å²) in [5.41, 5.74) is 3.73. The first-order valence-electron chi connectivity index (χ1n) is 8.59. The number of nitrogens with one attached hydrogen (secondary N) is 2. The molecule has 5 heteroatoms. The molecule has 26 heavy (non-hydrogen) atoms. The summed E-state index contributed by atoms with van der Waals surface area (Å²) in [6.07, 6.45) is 0. The van der Waals surface area contributed by atoms with Crippen LogP contribution in [-0.4, -0.2) is 25.0 Å². The highest BCUT2D eigenvalue weighted by atomic mass is 16.5. The summed E-state index contributed by atoms with van der Waals surface area (Å²) in [4.78, 5) is 23.7. The van der Waals surface area contributed by atoms with Gasteiger partial charge in [-0.25, -0.2) is 0 Å². The maximum atomic E-state index is 11.9. The van der Waals surface area contributed by atoms with Crippen LogP contribution in [0, 0.1) is 6.92 Å². The molecule has 0 spiro atoms. The van der Waals surface area contributed by atoms with Gasteiger partial charge in [0.15, 0.2) is 0 Å². The Labute approximate surface area is 154 Å². The number of amides is 2. The van der Waals surface area contributed by atoms with Gasteiger partial charge in [-0.3, -0.25) is 9.59 Å². The maximum Gasteiger partial charge on any atom is 0.250 e. The monoisotopic (exact) mass is 354 g/mol. The number of rotatable bonds is 6. The maximum absolute atomic E-state index is 11.9. The molecule has 5 nitrogen and oxygen atoms in total. The van der Waals surface area contributed by atoms with Crippen LogP contribution >= 0.6 is 0 Å². The first-order valence-corrected chi connectivity index (χ1v) is 8.59. The van der Waals surface area contributed by atoms with Crippen molar-refractivity contribution in [2.45, 2.75) is 33.1 Å². The predicted octanol–water partition coefficient (Wildman–Crippen LogP) is 3.89. The Hall–Kier alpha value is -2.66. The van der Waals surface area contributed by atoms with E-state index in [4.69, 9.17) is 4.74 Å². The van der Waals surface area contributed by atoms with Gasteiger partial charge in [-0.15, -0.1) is 0 Å². The third-order valence-electron chi connectivity index (χ3n) is 3.80. The van der Waals surface area contributed by atoms with E-state index in [1.54, 1.807) is 6.07 Å². The number of hydrogen-bond donors (Lipinski definition) is 2. The van der Waals surface area contributed by atoms with Gasteiger partial charge in [-0.05, 0) is 47.7 Å². The number of benzene rings is 2. The molecule has 2 amide bonds. The fourth-order valence-corrected chi connectivity index (χ4v) is 2.41. The number of anilines is 2. The van der Waals surface area contributed by atoms with Crippen LogP contribution in [0.2, 0.25) is 0 Å². The highest BCUT2D eigenvalue weighted by Crippen LogP contribution is 2.23. The van der Waals surface area contributed by atoms with Crippen LogP contribution in [0.4, 0.5) is 11.4 Å². The van der Waals surface area contributed by atoms with Gasteiger partial charge in [0.25, 0.3) is 0 Å². The molecular formula is C21H26N2O3. The molecule has 0 heterocycles. The van der Waals surface area contributed by atoms with E-state index in [9.17, 15) is 9.59 Å². The van der Waals surface area contributed by atoms with Crippen LogP contribution in [0.15, 0.2) is 48.5 Å². The summed E-state index contributed by atoms with van der Waals surface area (Å²) >= 11 is 0. The standard InChI is InChI=1S/C21H26N2O3/c1-15-6-5-7-18(12-15)23-20(25)14-26-13-19(24)22-17-10-8-16(9-11-17)21(2,3)4/h5-12H,13-14H2,1-4H3,(H,22,24)(H,23,25). The quantitative estimate of drug-likeness (QED) is 0.827. The minimum absolute atomic E-state index is 0.0658. The first kappa shape index (κ1) is 19.7. The third-order valence-corrected chi connectivity index (χ3v) is 3.80. The minimum atomic E-state index is -0.295. The van der Waals surface area contributed by atoms with Gasteiger partial charge < -0.3 is 15.4 Å². The largest absolute Gasteiger partial charge is 0.362 e. The van der Waals surface area contributed by atoms with Crippen molar-refractivity contribution < 1.29 is 14.3 Å². The summed E-state index contributed by atoms with van der Waals surface area (Å²) in [5, 5.41) is 5.49. The van der Waals surface area contributed by atoms with Crippen molar-refractivity contribution >= 4 is 23.2 Å². The summed E-state index contributed by atoms with van der Waals surface area (Å²) in [6.45, 7) is 8.00. The zero-order chi connectivity index (χ0) is 19.2. The van der Waals surface area contributed by atoms with E-state index >= 15 is 0 Å². The van der Waals surface area contributed by atoms with E-state index in [1.165, 1.54) is 5.56 Å². The molecule has 0 radical (unpaired) electrons. The van der Waals surface area contributed by atoms with Crippen molar-refractivity contribution in [1.82, 2.24) is 0 Å². The Balaban J connectivity index is 1.74. The Morgan fingerprint density at radius 1 is 0.885 bits per heavy atom. The van der Waals surface area contributed by atoms with Gasteiger partial charge in [-0.2, -0.15) is 0 Å². The lowest BCUT2D eigenvalue weighted by molar-refractivity contribution is -0.125. The SMILES string of the molecule is Cc1cccc(NC(=O)COCC(=O)Nc2ccc(C(C)(C)C)cc2)c1. The Bertz CT molecular complexity index is 762. The molecule has 0 saturated heterocycles. The number of carbonyl (C=O) groups excluding carboxylic acids is 2. The molecule has 0 unspecified atom stereocenters. The average Bonchev–Trinajstić information content (AvgIpc) is 2.54. The predicted molar refractivity (Wildman–Crippen MR) is 104 cm³/mol. The second kappa shape index (κ2) is 8.63. The summed E-state index contributed by atoms with van der Waals surface area (Å²) in [5.74, 6) is -0.588. The molecule has 0 bridgehead atoms. The second-order valence-electron chi connectivity index (χ2n) is 7.29. The molecule has 0 aliphatic rings. The molecule has 0 aromatic heterocycles. The molecule has 0 fully saturated rings. The van der Waals surface area contributed by atoms with Gasteiger partial charge in [-0.1, -0.05) is 45.0 Å². The zero-order valence-corrected chi connectivity index (χ0v) is 15.8. The highest BCUT2D eigenvalue weighted by Gasteiger charge is 2.13. The lowest BCUT2D eigenvalue weighted by Gasteiger charge is -2.19. The molecule has 2 rings (SSSR count). The molecule has 2 aromatic rings. The minimum Gasteiger partial charge on any atom is -0.362 e. The molecule has 0 saturated carbocycles. The topological polar surface area (TPSA) is 67.4 Å². The average molecular weight is 354 g/mol. The second-order valence-corrected chi connectivity index (χ2v) is 7.29. The van der Waals surface area contributed by atoms with E-state index in [0.717, 1.165) is 5.56 Å². The lowest BCUT2D eigenvalue weighted by Crippen LogP contribution is -2.24. The van der Waals surface area contributed by atoms with E-state index in [0.29, 0.717) is 11.4 Å². The third kappa shape index (κ3) is 6.33. The summed E-state index contributed by atoms with van der Waals surface area (Å²) in [7, 11) is 0. The summed E-state index contributed by atoms with van der Waals surface area (Å²) in [6, 6.07) is 15.2. The molecule has 138 valence electrons. The molecule has 2 aromatic carbocycles. The number of ether oxygens (including phenoxy) is 1. The number of hydrogen-bond acceptors (Lipinski definition) is 3. The van der Waals surface area contributed by atoms with Gasteiger partial charge in [0.1, 0.15) is 13.2 Å². The molecular weight excluding hydrogens is 328 g/mol. The molecule has 2 N–H and O–H groups in total. The first-order chi connectivity index (χ1) is 12.2. The van der Waals surface area contributed by atoms with E-state index in [1.807, 2.05) is 49.4 Å². The van der Waals surface area contributed by atoms with Crippen LogP contribution in [0.1, 0.15) is 31.9 Å². The Morgan fingerprint density at radius 2 is 1.46 bits per heavy atom. The molecule has 0 aliphatic heterocycles. The fraction of sp³-hybridized carbons (Fsp3) is 0.333. The Morgan fingerprint density at radius 3 is 2.00 bits per heavy atom.